The van der Waals surface area contributed by atoms with E-state index in [0.29, 0.717) is 24.0 Å². The second-order valence-corrected chi connectivity index (χ2v) is 8.56. The predicted molar refractivity (Wildman–Crippen MR) is 99.7 cm³/mol. The van der Waals surface area contributed by atoms with E-state index in [1.807, 2.05) is 19.2 Å². The van der Waals surface area contributed by atoms with Gasteiger partial charge in [-0.15, -0.1) is 0 Å². The minimum absolute atomic E-state index is 0.126. The summed E-state index contributed by atoms with van der Waals surface area (Å²) in [7, 11) is 1.88. The minimum Gasteiger partial charge on any atom is -0.374 e. The fraction of sp³-hybridized carbons (Fsp3) is 0.667. The number of rotatable bonds is 3. The van der Waals surface area contributed by atoms with Gasteiger partial charge < -0.3 is 15.0 Å². The van der Waals surface area contributed by atoms with Crippen molar-refractivity contribution in [3.63, 3.8) is 0 Å². The molecular weight excluding hydrogens is 329 g/mol. The number of likely N-dealkylation sites (tertiary alicyclic amines) is 1. The summed E-state index contributed by atoms with van der Waals surface area (Å²) < 4.78 is 19.4. The molecule has 4 atom stereocenters. The summed E-state index contributed by atoms with van der Waals surface area (Å²) in [5.41, 5.74) is 1.37. The van der Waals surface area contributed by atoms with Crippen molar-refractivity contribution >= 4 is 5.96 Å². The second kappa shape index (κ2) is 6.22. The maximum absolute atomic E-state index is 13.3. The SMILES string of the molecule is CN=C(NCC1(c2ccc(F)cc2)CCC1)N1CC2C3CCC(O3)C2C1. The summed E-state index contributed by atoms with van der Waals surface area (Å²) in [6.07, 6.45) is 6.98. The van der Waals surface area contributed by atoms with E-state index in [0.717, 1.165) is 38.4 Å². The molecule has 3 saturated heterocycles. The Morgan fingerprint density at radius 1 is 1.19 bits per heavy atom. The van der Waals surface area contributed by atoms with Crippen LogP contribution in [0.2, 0.25) is 0 Å². The molecule has 0 radical (unpaired) electrons. The monoisotopic (exact) mass is 357 g/mol. The van der Waals surface area contributed by atoms with Crippen LogP contribution in [0.3, 0.4) is 0 Å². The summed E-state index contributed by atoms with van der Waals surface area (Å²) >= 11 is 0. The Kier molecular flexibility index (Phi) is 3.96. The molecule has 1 saturated carbocycles. The van der Waals surface area contributed by atoms with E-state index in [2.05, 4.69) is 15.2 Å². The van der Waals surface area contributed by atoms with Gasteiger partial charge in [0, 0.05) is 43.9 Å². The highest BCUT2D eigenvalue weighted by atomic mass is 19.1. The lowest BCUT2D eigenvalue weighted by atomic mass is 9.64. The van der Waals surface area contributed by atoms with E-state index in [-0.39, 0.29) is 11.2 Å². The summed E-state index contributed by atoms with van der Waals surface area (Å²) in [6.45, 7) is 3.00. The Hall–Kier alpha value is -1.62. The van der Waals surface area contributed by atoms with E-state index in [1.54, 1.807) is 12.1 Å². The van der Waals surface area contributed by atoms with Crippen LogP contribution in [0.4, 0.5) is 4.39 Å². The fourth-order valence-corrected chi connectivity index (χ4v) is 5.69. The van der Waals surface area contributed by atoms with E-state index in [1.165, 1.54) is 24.8 Å². The van der Waals surface area contributed by atoms with Crippen molar-refractivity contribution in [1.29, 1.82) is 0 Å². The average molecular weight is 357 g/mol. The Balaban J connectivity index is 1.26. The molecule has 1 aromatic carbocycles. The molecule has 4 nitrogen and oxygen atoms in total. The van der Waals surface area contributed by atoms with E-state index in [4.69, 9.17) is 4.74 Å². The lowest BCUT2D eigenvalue weighted by Gasteiger charge is -2.43. The smallest absolute Gasteiger partial charge is 0.193 e. The highest BCUT2D eigenvalue weighted by molar-refractivity contribution is 5.80. The van der Waals surface area contributed by atoms with E-state index >= 15 is 0 Å². The number of nitrogens with one attached hydrogen (secondary N) is 1. The predicted octanol–water partition coefficient (Wildman–Crippen LogP) is 2.93. The lowest BCUT2D eigenvalue weighted by molar-refractivity contribution is 0.0766. The molecule has 1 aromatic rings. The number of nitrogens with zero attached hydrogens (tertiary/aromatic N) is 2. The standard InChI is InChI=1S/C21H28FN3O/c1-23-20(25-11-16-17(12-25)19-8-7-18(16)26-19)24-13-21(9-2-10-21)14-3-5-15(22)6-4-14/h3-6,16-19H,2,7-13H2,1H3,(H,23,24). The maximum Gasteiger partial charge on any atom is 0.193 e. The zero-order valence-corrected chi connectivity index (χ0v) is 15.5. The molecular formula is C21H28FN3O. The van der Waals surface area contributed by atoms with Crippen molar-refractivity contribution in [1.82, 2.24) is 10.2 Å². The highest BCUT2D eigenvalue weighted by Crippen LogP contribution is 2.47. The number of hydrogen-bond donors (Lipinski definition) is 1. The van der Waals surface area contributed by atoms with Crippen LogP contribution in [0.25, 0.3) is 0 Å². The Morgan fingerprint density at radius 2 is 1.85 bits per heavy atom. The highest BCUT2D eigenvalue weighted by Gasteiger charge is 2.53. The molecule has 5 heteroatoms. The minimum atomic E-state index is -0.160. The van der Waals surface area contributed by atoms with Gasteiger partial charge in [-0.25, -0.2) is 4.39 Å². The van der Waals surface area contributed by atoms with Crippen molar-refractivity contribution in [2.24, 2.45) is 16.8 Å². The normalized spacial score (nSPS) is 34.7. The quantitative estimate of drug-likeness (QED) is 0.668. The summed E-state index contributed by atoms with van der Waals surface area (Å²) in [5.74, 6) is 2.23. The summed E-state index contributed by atoms with van der Waals surface area (Å²) in [4.78, 5) is 7.00. The van der Waals surface area contributed by atoms with Gasteiger partial charge in [-0.2, -0.15) is 0 Å². The molecule has 1 aliphatic carbocycles. The van der Waals surface area contributed by atoms with E-state index in [9.17, 15) is 4.39 Å². The number of guanidine groups is 1. The first kappa shape index (κ1) is 16.5. The van der Waals surface area contributed by atoms with Gasteiger partial charge in [0.1, 0.15) is 5.82 Å². The lowest BCUT2D eigenvalue weighted by Crippen LogP contribution is -2.50. The molecule has 5 rings (SSSR count). The van der Waals surface area contributed by atoms with Gasteiger partial charge in [0.05, 0.1) is 12.2 Å². The number of benzene rings is 1. The van der Waals surface area contributed by atoms with Crippen molar-refractivity contribution in [2.75, 3.05) is 26.7 Å². The first-order chi connectivity index (χ1) is 12.7. The van der Waals surface area contributed by atoms with Crippen LogP contribution < -0.4 is 5.32 Å². The van der Waals surface area contributed by atoms with Crippen LogP contribution in [0.1, 0.15) is 37.7 Å². The second-order valence-electron chi connectivity index (χ2n) is 8.56. The van der Waals surface area contributed by atoms with Gasteiger partial charge in [0.2, 0.25) is 0 Å². The average Bonchev–Trinajstić information content (AvgIpc) is 3.31. The largest absolute Gasteiger partial charge is 0.374 e. The molecule has 3 aliphatic heterocycles. The first-order valence-electron chi connectivity index (χ1n) is 10.1. The molecule has 0 aromatic heterocycles. The maximum atomic E-state index is 13.3. The topological polar surface area (TPSA) is 36.9 Å². The third-order valence-electron chi connectivity index (χ3n) is 7.32. The van der Waals surface area contributed by atoms with Crippen LogP contribution in [0.15, 0.2) is 29.3 Å². The summed E-state index contributed by atoms with van der Waals surface area (Å²) in [6, 6.07) is 7.08. The summed E-state index contributed by atoms with van der Waals surface area (Å²) in [5, 5.41) is 3.65. The van der Waals surface area contributed by atoms with Gasteiger partial charge in [-0.1, -0.05) is 18.6 Å². The van der Waals surface area contributed by atoms with Gasteiger partial charge >= 0.3 is 0 Å². The molecule has 26 heavy (non-hydrogen) atoms. The fourth-order valence-electron chi connectivity index (χ4n) is 5.69. The van der Waals surface area contributed by atoms with E-state index < -0.39 is 0 Å². The molecule has 4 aliphatic rings. The van der Waals surface area contributed by atoms with Crippen molar-refractivity contribution in [3.8, 4) is 0 Å². The zero-order chi connectivity index (χ0) is 17.7. The molecule has 4 fully saturated rings. The van der Waals surface area contributed by atoms with Gasteiger partial charge in [-0.3, -0.25) is 4.99 Å². The molecule has 4 unspecified atom stereocenters. The first-order valence-corrected chi connectivity index (χ1v) is 10.1. The number of aliphatic imine (C=N–C) groups is 1. The number of fused-ring (bicyclic) bond motifs is 5. The van der Waals surface area contributed by atoms with Crippen molar-refractivity contribution in [3.05, 3.63) is 35.6 Å². The van der Waals surface area contributed by atoms with Crippen LogP contribution in [0.5, 0.6) is 0 Å². The van der Waals surface area contributed by atoms with Crippen LogP contribution in [-0.2, 0) is 10.2 Å². The third-order valence-corrected chi connectivity index (χ3v) is 7.32. The van der Waals surface area contributed by atoms with Crippen LogP contribution >= 0.6 is 0 Å². The number of halogens is 1. The Morgan fingerprint density at radius 3 is 2.38 bits per heavy atom. The van der Waals surface area contributed by atoms with Gasteiger partial charge in [0.15, 0.2) is 5.96 Å². The molecule has 3 heterocycles. The third kappa shape index (κ3) is 2.55. The molecule has 140 valence electrons. The Labute approximate surface area is 154 Å². The Bertz CT molecular complexity index is 682. The zero-order valence-electron chi connectivity index (χ0n) is 15.5. The van der Waals surface area contributed by atoms with Gasteiger partial charge in [0.25, 0.3) is 0 Å². The molecule has 1 N–H and O–H groups in total. The van der Waals surface area contributed by atoms with Crippen molar-refractivity contribution < 1.29 is 9.13 Å². The molecule has 2 bridgehead atoms. The number of hydrogen-bond acceptors (Lipinski definition) is 2. The number of ether oxygens (including phenoxy) is 1. The molecule has 0 amide bonds. The van der Waals surface area contributed by atoms with Gasteiger partial charge in [-0.05, 0) is 43.4 Å². The van der Waals surface area contributed by atoms with Crippen molar-refractivity contribution in [2.45, 2.75) is 49.7 Å². The van der Waals surface area contributed by atoms with Crippen LogP contribution in [0, 0.1) is 17.7 Å². The van der Waals surface area contributed by atoms with Crippen LogP contribution in [-0.4, -0.2) is 49.7 Å². The molecule has 0 spiro atoms.